The first kappa shape index (κ1) is 12.8. The van der Waals surface area contributed by atoms with Crippen LogP contribution in [0.5, 0.6) is 11.5 Å². The van der Waals surface area contributed by atoms with Gasteiger partial charge in [0.2, 0.25) is 0 Å². The molecule has 0 aliphatic carbocycles. The van der Waals surface area contributed by atoms with Crippen molar-refractivity contribution in [2.75, 3.05) is 33.4 Å². The van der Waals surface area contributed by atoms with E-state index in [4.69, 9.17) is 15.2 Å². The SMILES string of the molecule is CNCCOc1cccc(OCCCN)c1. The van der Waals surface area contributed by atoms with Crippen molar-refractivity contribution < 1.29 is 9.47 Å². The summed E-state index contributed by atoms with van der Waals surface area (Å²) in [5, 5.41) is 3.02. The van der Waals surface area contributed by atoms with E-state index in [0.29, 0.717) is 19.8 Å². The van der Waals surface area contributed by atoms with Gasteiger partial charge in [-0.05, 0) is 32.1 Å². The lowest BCUT2D eigenvalue weighted by Crippen LogP contribution is -2.15. The van der Waals surface area contributed by atoms with Crippen LogP contribution < -0.4 is 20.5 Å². The predicted octanol–water partition coefficient (Wildman–Crippen LogP) is 1.01. The summed E-state index contributed by atoms with van der Waals surface area (Å²) in [6.45, 7) is 2.79. The molecule has 0 aliphatic rings. The van der Waals surface area contributed by atoms with Gasteiger partial charge < -0.3 is 20.5 Å². The van der Waals surface area contributed by atoms with Gasteiger partial charge in [-0.25, -0.2) is 0 Å². The van der Waals surface area contributed by atoms with Crippen LogP contribution >= 0.6 is 0 Å². The molecule has 90 valence electrons. The van der Waals surface area contributed by atoms with Gasteiger partial charge in [0.1, 0.15) is 18.1 Å². The van der Waals surface area contributed by atoms with Gasteiger partial charge in [-0.3, -0.25) is 0 Å². The Morgan fingerprint density at radius 2 is 1.88 bits per heavy atom. The Kier molecular flexibility index (Phi) is 6.37. The number of hydrogen-bond acceptors (Lipinski definition) is 4. The molecule has 0 radical (unpaired) electrons. The summed E-state index contributed by atoms with van der Waals surface area (Å²) in [7, 11) is 1.90. The van der Waals surface area contributed by atoms with Gasteiger partial charge in [0.25, 0.3) is 0 Å². The van der Waals surface area contributed by atoms with E-state index >= 15 is 0 Å². The van der Waals surface area contributed by atoms with Crippen LogP contribution in [0.4, 0.5) is 0 Å². The molecule has 0 spiro atoms. The number of likely N-dealkylation sites (N-methyl/N-ethyl adjacent to an activating group) is 1. The van der Waals surface area contributed by atoms with Crippen LogP contribution in [0.2, 0.25) is 0 Å². The van der Waals surface area contributed by atoms with Crippen LogP contribution in [-0.4, -0.2) is 33.4 Å². The molecule has 0 heterocycles. The molecular weight excluding hydrogens is 204 g/mol. The summed E-state index contributed by atoms with van der Waals surface area (Å²) in [5.74, 6) is 1.66. The second-order valence-electron chi connectivity index (χ2n) is 3.42. The van der Waals surface area contributed by atoms with Gasteiger partial charge in [-0.1, -0.05) is 6.07 Å². The van der Waals surface area contributed by atoms with E-state index in [1.54, 1.807) is 0 Å². The highest BCUT2D eigenvalue weighted by Crippen LogP contribution is 2.19. The maximum atomic E-state index is 5.53. The van der Waals surface area contributed by atoms with Crippen LogP contribution in [0.15, 0.2) is 24.3 Å². The summed E-state index contributed by atoms with van der Waals surface area (Å²) < 4.78 is 11.0. The lowest BCUT2D eigenvalue weighted by atomic mass is 10.3. The third-order valence-corrected chi connectivity index (χ3v) is 2.04. The molecule has 1 rings (SSSR count). The van der Waals surface area contributed by atoms with Crippen molar-refractivity contribution in [2.24, 2.45) is 5.73 Å². The molecule has 0 fully saturated rings. The van der Waals surface area contributed by atoms with Gasteiger partial charge in [0.05, 0.1) is 6.61 Å². The van der Waals surface area contributed by atoms with Gasteiger partial charge in [0.15, 0.2) is 0 Å². The summed E-state index contributed by atoms with van der Waals surface area (Å²) in [6.07, 6.45) is 0.866. The van der Waals surface area contributed by atoms with E-state index in [1.807, 2.05) is 31.3 Å². The van der Waals surface area contributed by atoms with Crippen molar-refractivity contribution in [3.8, 4) is 11.5 Å². The molecule has 0 atom stereocenters. The van der Waals surface area contributed by atoms with Crippen LogP contribution in [-0.2, 0) is 0 Å². The average molecular weight is 224 g/mol. The van der Waals surface area contributed by atoms with Crippen molar-refractivity contribution in [3.63, 3.8) is 0 Å². The summed E-state index contributed by atoms with van der Waals surface area (Å²) in [5.41, 5.74) is 5.39. The van der Waals surface area contributed by atoms with E-state index in [0.717, 1.165) is 24.5 Å². The van der Waals surface area contributed by atoms with Gasteiger partial charge in [0, 0.05) is 12.6 Å². The molecule has 0 amide bonds. The highest BCUT2D eigenvalue weighted by atomic mass is 16.5. The summed E-state index contributed by atoms with van der Waals surface area (Å²) >= 11 is 0. The number of ether oxygens (including phenoxy) is 2. The molecule has 0 aromatic heterocycles. The molecule has 0 saturated carbocycles. The summed E-state index contributed by atoms with van der Waals surface area (Å²) in [4.78, 5) is 0. The quantitative estimate of drug-likeness (QED) is 0.647. The molecule has 0 bridgehead atoms. The minimum absolute atomic E-state index is 0.649. The first-order valence-electron chi connectivity index (χ1n) is 5.57. The number of rotatable bonds is 8. The Balaban J connectivity index is 2.37. The van der Waals surface area contributed by atoms with Gasteiger partial charge in [-0.2, -0.15) is 0 Å². The van der Waals surface area contributed by atoms with Crippen molar-refractivity contribution in [3.05, 3.63) is 24.3 Å². The molecule has 0 saturated heterocycles. The van der Waals surface area contributed by atoms with Crippen LogP contribution in [0.25, 0.3) is 0 Å². The van der Waals surface area contributed by atoms with Crippen LogP contribution in [0.3, 0.4) is 0 Å². The van der Waals surface area contributed by atoms with E-state index in [2.05, 4.69) is 5.32 Å². The zero-order valence-corrected chi connectivity index (χ0v) is 9.74. The number of nitrogens with two attached hydrogens (primary N) is 1. The molecule has 0 unspecified atom stereocenters. The third kappa shape index (κ3) is 5.00. The third-order valence-electron chi connectivity index (χ3n) is 2.04. The molecule has 4 heteroatoms. The average Bonchev–Trinajstić information content (AvgIpc) is 2.30. The Bertz CT molecular complexity index is 267. The zero-order chi connectivity index (χ0) is 11.6. The van der Waals surface area contributed by atoms with Crippen molar-refractivity contribution in [2.45, 2.75) is 6.42 Å². The normalized spacial score (nSPS) is 10.1. The Labute approximate surface area is 96.7 Å². The van der Waals surface area contributed by atoms with E-state index in [1.165, 1.54) is 0 Å². The van der Waals surface area contributed by atoms with Crippen molar-refractivity contribution >= 4 is 0 Å². The maximum absolute atomic E-state index is 5.53. The van der Waals surface area contributed by atoms with E-state index in [-0.39, 0.29) is 0 Å². The molecule has 1 aromatic rings. The molecule has 3 N–H and O–H groups in total. The highest BCUT2D eigenvalue weighted by molar-refractivity contribution is 5.32. The van der Waals surface area contributed by atoms with Crippen LogP contribution in [0, 0.1) is 0 Å². The van der Waals surface area contributed by atoms with Crippen LogP contribution in [0.1, 0.15) is 6.42 Å². The van der Waals surface area contributed by atoms with Gasteiger partial charge >= 0.3 is 0 Å². The van der Waals surface area contributed by atoms with E-state index < -0.39 is 0 Å². The number of nitrogens with one attached hydrogen (secondary N) is 1. The van der Waals surface area contributed by atoms with Gasteiger partial charge in [-0.15, -0.1) is 0 Å². The topological polar surface area (TPSA) is 56.5 Å². The predicted molar refractivity (Wildman–Crippen MR) is 65.0 cm³/mol. The lowest BCUT2D eigenvalue weighted by Gasteiger charge is -2.09. The Morgan fingerprint density at radius 3 is 2.50 bits per heavy atom. The fraction of sp³-hybridized carbons (Fsp3) is 0.500. The first-order valence-corrected chi connectivity index (χ1v) is 5.57. The lowest BCUT2D eigenvalue weighted by molar-refractivity contribution is 0.300. The fourth-order valence-electron chi connectivity index (χ4n) is 1.20. The standard InChI is InChI=1S/C12H20N2O2/c1-14-7-9-16-12-5-2-4-11(10-12)15-8-3-6-13/h2,4-5,10,14H,3,6-9,13H2,1H3. The Morgan fingerprint density at radius 1 is 1.19 bits per heavy atom. The smallest absolute Gasteiger partial charge is 0.123 e. The number of hydrogen-bond donors (Lipinski definition) is 2. The second-order valence-corrected chi connectivity index (χ2v) is 3.42. The molecule has 0 aliphatic heterocycles. The molecule has 16 heavy (non-hydrogen) atoms. The van der Waals surface area contributed by atoms with Crippen molar-refractivity contribution in [1.29, 1.82) is 0 Å². The zero-order valence-electron chi connectivity index (χ0n) is 9.74. The molecular formula is C12H20N2O2. The maximum Gasteiger partial charge on any atom is 0.123 e. The van der Waals surface area contributed by atoms with Crippen molar-refractivity contribution in [1.82, 2.24) is 5.32 Å². The molecule has 4 nitrogen and oxygen atoms in total. The largest absolute Gasteiger partial charge is 0.493 e. The first-order chi connectivity index (χ1) is 7.86. The Hall–Kier alpha value is -1.26. The minimum atomic E-state index is 0.649. The molecule has 1 aromatic carbocycles. The monoisotopic (exact) mass is 224 g/mol. The highest BCUT2D eigenvalue weighted by Gasteiger charge is 1.97. The number of benzene rings is 1. The van der Waals surface area contributed by atoms with E-state index in [9.17, 15) is 0 Å². The summed E-state index contributed by atoms with van der Waals surface area (Å²) in [6, 6.07) is 7.66. The minimum Gasteiger partial charge on any atom is -0.493 e. The second kappa shape index (κ2) is 7.96. The fourth-order valence-corrected chi connectivity index (χ4v) is 1.20.